The zero-order chi connectivity index (χ0) is 19.6. The van der Waals surface area contributed by atoms with E-state index in [1.807, 2.05) is 27.7 Å². The molecule has 142 valence electrons. The summed E-state index contributed by atoms with van der Waals surface area (Å²) in [4.78, 5) is 12.2. The molecule has 0 bridgehead atoms. The molecule has 3 aromatic rings. The summed E-state index contributed by atoms with van der Waals surface area (Å²) in [6.45, 7) is 7.62. The van der Waals surface area contributed by atoms with E-state index in [4.69, 9.17) is 4.42 Å². The van der Waals surface area contributed by atoms with Gasteiger partial charge in [0.05, 0.1) is 17.6 Å². The van der Waals surface area contributed by atoms with Crippen LogP contribution in [0.1, 0.15) is 26.5 Å². The molecule has 2 heterocycles. The number of thioether (sulfide) groups is 1. The van der Waals surface area contributed by atoms with Crippen LogP contribution in [0.5, 0.6) is 0 Å². The van der Waals surface area contributed by atoms with Crippen LogP contribution in [0, 0.1) is 12.7 Å². The fourth-order valence-corrected chi connectivity index (χ4v) is 3.31. The van der Waals surface area contributed by atoms with Crippen molar-refractivity contribution in [2.24, 2.45) is 0 Å². The van der Waals surface area contributed by atoms with Gasteiger partial charge in [0.1, 0.15) is 11.6 Å². The minimum atomic E-state index is -0.327. The van der Waals surface area contributed by atoms with Crippen molar-refractivity contribution in [3.05, 3.63) is 48.2 Å². The van der Waals surface area contributed by atoms with Crippen LogP contribution in [0.2, 0.25) is 0 Å². The second-order valence-corrected chi connectivity index (χ2v) is 8.04. The molecule has 1 aromatic carbocycles. The van der Waals surface area contributed by atoms with Crippen LogP contribution in [-0.2, 0) is 4.79 Å². The first kappa shape index (κ1) is 19.2. The Bertz CT molecular complexity index is 942. The first-order valence-electron chi connectivity index (χ1n) is 8.44. The summed E-state index contributed by atoms with van der Waals surface area (Å²) in [5, 5.41) is 12.0. The molecule has 2 aromatic heterocycles. The zero-order valence-corrected chi connectivity index (χ0v) is 16.4. The van der Waals surface area contributed by atoms with Gasteiger partial charge in [0.2, 0.25) is 5.91 Å². The second-order valence-electron chi connectivity index (χ2n) is 7.10. The maximum absolute atomic E-state index is 13.4. The van der Waals surface area contributed by atoms with Gasteiger partial charge in [-0.1, -0.05) is 11.8 Å². The number of nitrogens with zero attached hydrogens (tertiary/aromatic N) is 3. The highest BCUT2D eigenvalue weighted by atomic mass is 32.2. The molecular weight excluding hydrogens is 367 g/mol. The number of benzene rings is 1. The fraction of sp³-hybridized carbons (Fsp3) is 0.316. The summed E-state index contributed by atoms with van der Waals surface area (Å²) < 4.78 is 20.5. The number of carbonyl (C=O) groups excluding carboxylic acids is 1. The highest BCUT2D eigenvalue weighted by Gasteiger charge is 2.21. The molecule has 6 nitrogen and oxygen atoms in total. The van der Waals surface area contributed by atoms with Crippen LogP contribution in [0.4, 0.5) is 4.39 Å². The summed E-state index contributed by atoms with van der Waals surface area (Å²) >= 11 is 1.27. The van der Waals surface area contributed by atoms with Gasteiger partial charge in [0, 0.05) is 11.2 Å². The Morgan fingerprint density at radius 2 is 1.93 bits per heavy atom. The smallest absolute Gasteiger partial charge is 0.230 e. The van der Waals surface area contributed by atoms with Crippen LogP contribution in [0.15, 0.2) is 46.2 Å². The Morgan fingerprint density at radius 1 is 1.22 bits per heavy atom. The molecule has 0 unspecified atom stereocenters. The van der Waals surface area contributed by atoms with Crippen LogP contribution >= 0.6 is 11.8 Å². The van der Waals surface area contributed by atoms with Gasteiger partial charge >= 0.3 is 0 Å². The number of rotatable bonds is 5. The van der Waals surface area contributed by atoms with Gasteiger partial charge < -0.3 is 9.73 Å². The Kier molecular flexibility index (Phi) is 5.36. The van der Waals surface area contributed by atoms with Crippen molar-refractivity contribution in [3.63, 3.8) is 0 Å². The van der Waals surface area contributed by atoms with Gasteiger partial charge in [-0.25, -0.2) is 4.39 Å². The molecule has 1 N–H and O–H groups in total. The fourth-order valence-electron chi connectivity index (χ4n) is 2.56. The molecule has 0 atom stereocenters. The molecule has 0 radical (unpaired) electrons. The van der Waals surface area contributed by atoms with Crippen LogP contribution in [0.3, 0.4) is 0 Å². The highest BCUT2D eigenvalue weighted by Crippen LogP contribution is 2.30. The molecule has 0 aliphatic heterocycles. The first-order chi connectivity index (χ1) is 12.7. The number of amides is 1. The van der Waals surface area contributed by atoms with Crippen molar-refractivity contribution < 1.29 is 13.6 Å². The van der Waals surface area contributed by atoms with Gasteiger partial charge in [-0.05, 0) is 58.0 Å². The van der Waals surface area contributed by atoms with Crippen molar-refractivity contribution in [2.75, 3.05) is 5.75 Å². The molecule has 0 fully saturated rings. The third-order valence-electron chi connectivity index (χ3n) is 3.66. The number of aromatic nitrogens is 3. The predicted octanol–water partition coefficient (Wildman–Crippen LogP) is 3.98. The molecule has 0 saturated heterocycles. The molecule has 0 aliphatic carbocycles. The van der Waals surface area contributed by atoms with Gasteiger partial charge in [-0.2, -0.15) is 0 Å². The summed E-state index contributed by atoms with van der Waals surface area (Å²) in [7, 11) is 0. The maximum Gasteiger partial charge on any atom is 0.230 e. The summed E-state index contributed by atoms with van der Waals surface area (Å²) in [5.41, 5.74) is 1.19. The summed E-state index contributed by atoms with van der Waals surface area (Å²) in [6, 6.07) is 7.86. The van der Waals surface area contributed by atoms with Gasteiger partial charge in [-0.15, -0.1) is 10.2 Å². The Balaban J connectivity index is 1.95. The molecule has 1 amide bonds. The third-order valence-corrected chi connectivity index (χ3v) is 4.59. The average molecular weight is 388 g/mol. The number of nitrogens with one attached hydrogen (secondary N) is 1. The van der Waals surface area contributed by atoms with E-state index in [0.29, 0.717) is 22.4 Å². The number of furan rings is 1. The SMILES string of the molecule is Cc1occc1-c1nnc(SCC(=O)NC(C)(C)C)n1-c1ccc(F)cc1. The maximum atomic E-state index is 13.4. The molecule has 3 rings (SSSR count). The topological polar surface area (TPSA) is 72.9 Å². The lowest BCUT2D eigenvalue weighted by Crippen LogP contribution is -2.41. The third kappa shape index (κ3) is 4.57. The van der Waals surface area contributed by atoms with Gasteiger partial charge in [-0.3, -0.25) is 9.36 Å². The van der Waals surface area contributed by atoms with E-state index in [1.54, 1.807) is 29.0 Å². The number of hydrogen-bond donors (Lipinski definition) is 1. The minimum Gasteiger partial charge on any atom is -0.469 e. The lowest BCUT2D eigenvalue weighted by molar-refractivity contribution is -0.119. The minimum absolute atomic E-state index is 0.0952. The van der Waals surface area contributed by atoms with E-state index < -0.39 is 0 Å². The average Bonchev–Trinajstić information content (AvgIpc) is 3.18. The first-order valence-corrected chi connectivity index (χ1v) is 9.43. The normalized spacial score (nSPS) is 11.6. The van der Waals surface area contributed by atoms with E-state index in [-0.39, 0.29) is 23.0 Å². The number of carbonyl (C=O) groups is 1. The van der Waals surface area contributed by atoms with Crippen molar-refractivity contribution in [3.8, 4) is 17.1 Å². The van der Waals surface area contributed by atoms with E-state index in [2.05, 4.69) is 15.5 Å². The molecule has 27 heavy (non-hydrogen) atoms. The van der Waals surface area contributed by atoms with Gasteiger partial charge in [0.15, 0.2) is 11.0 Å². The number of halogens is 1. The second kappa shape index (κ2) is 7.56. The van der Waals surface area contributed by atoms with Gasteiger partial charge in [0.25, 0.3) is 0 Å². The largest absolute Gasteiger partial charge is 0.469 e. The number of aryl methyl sites for hydroxylation is 1. The van der Waals surface area contributed by atoms with E-state index >= 15 is 0 Å². The van der Waals surface area contributed by atoms with E-state index in [0.717, 1.165) is 5.56 Å². The van der Waals surface area contributed by atoms with Crippen molar-refractivity contribution >= 4 is 17.7 Å². The monoisotopic (exact) mass is 388 g/mol. The van der Waals surface area contributed by atoms with Crippen LogP contribution < -0.4 is 5.32 Å². The Morgan fingerprint density at radius 3 is 2.52 bits per heavy atom. The summed E-state index contributed by atoms with van der Waals surface area (Å²) in [6.07, 6.45) is 1.58. The van der Waals surface area contributed by atoms with Crippen molar-refractivity contribution in [2.45, 2.75) is 38.4 Å². The zero-order valence-electron chi connectivity index (χ0n) is 15.6. The lowest BCUT2D eigenvalue weighted by atomic mass is 10.1. The highest BCUT2D eigenvalue weighted by molar-refractivity contribution is 7.99. The van der Waals surface area contributed by atoms with Crippen molar-refractivity contribution in [1.29, 1.82) is 0 Å². The van der Waals surface area contributed by atoms with Crippen LogP contribution in [-0.4, -0.2) is 32.0 Å². The Hall–Kier alpha value is -2.61. The molecular formula is C19H21FN4O2S. The molecule has 0 spiro atoms. The number of hydrogen-bond acceptors (Lipinski definition) is 5. The summed E-state index contributed by atoms with van der Waals surface area (Å²) in [5.74, 6) is 1.05. The standard InChI is InChI=1S/C19H21FN4O2S/c1-12-15(9-10-26-12)17-22-23-18(27-11-16(25)21-19(2,3)4)24(17)14-7-5-13(20)6-8-14/h5-10H,11H2,1-4H3,(H,21,25). The molecule has 0 aliphatic rings. The quantitative estimate of drug-likeness (QED) is 0.669. The Labute approximate surface area is 161 Å². The molecule has 8 heteroatoms. The lowest BCUT2D eigenvalue weighted by Gasteiger charge is -2.20. The van der Waals surface area contributed by atoms with E-state index in [9.17, 15) is 9.18 Å². The van der Waals surface area contributed by atoms with Crippen molar-refractivity contribution in [1.82, 2.24) is 20.1 Å². The van der Waals surface area contributed by atoms with Crippen LogP contribution in [0.25, 0.3) is 17.1 Å². The molecule has 0 saturated carbocycles. The predicted molar refractivity (Wildman–Crippen MR) is 102 cm³/mol. The van der Waals surface area contributed by atoms with E-state index in [1.165, 1.54) is 23.9 Å².